The fraction of sp³-hybridized carbons (Fsp3) is 0.571. The van der Waals surface area contributed by atoms with Gasteiger partial charge >= 0.3 is 0 Å². The SMILES string of the molecule is C=CCc1ccc(OCC[N+](C)(C)CC(=O)NCCCCCC)c(-c2ccc(OCC[N+](C)(C)CC(=O)NCCCCCC)c(CC=C)c2)c1.[Br-].[Br-]. The van der Waals surface area contributed by atoms with Gasteiger partial charge in [0.15, 0.2) is 13.1 Å². The number of carbonyl (C=O) groups excluding carboxylic acids is 2. The second-order valence-electron chi connectivity index (χ2n) is 14.8. The van der Waals surface area contributed by atoms with Crippen LogP contribution in [0.25, 0.3) is 11.1 Å². The summed E-state index contributed by atoms with van der Waals surface area (Å²) in [7, 11) is 8.27. The van der Waals surface area contributed by atoms with E-state index in [1.54, 1.807) is 0 Å². The van der Waals surface area contributed by atoms with Crippen LogP contribution in [0.5, 0.6) is 11.5 Å². The Bertz CT molecular complexity index is 1350. The van der Waals surface area contributed by atoms with Gasteiger partial charge < -0.3 is 63.0 Å². The Balaban J connectivity index is 0.0000130. The maximum Gasteiger partial charge on any atom is 0.275 e. The first kappa shape index (κ1) is 49.3. The molecule has 294 valence electrons. The van der Waals surface area contributed by atoms with Crippen molar-refractivity contribution in [1.82, 2.24) is 10.6 Å². The van der Waals surface area contributed by atoms with Crippen molar-refractivity contribution in [3.8, 4) is 22.6 Å². The van der Waals surface area contributed by atoms with Crippen LogP contribution in [0.4, 0.5) is 0 Å². The normalized spacial score (nSPS) is 11.1. The Labute approximate surface area is 337 Å². The molecule has 2 amide bonds. The van der Waals surface area contributed by atoms with E-state index >= 15 is 0 Å². The summed E-state index contributed by atoms with van der Waals surface area (Å²) >= 11 is 0. The highest BCUT2D eigenvalue weighted by atomic mass is 79.9. The number of benzene rings is 2. The number of amides is 2. The molecule has 0 radical (unpaired) electrons. The number of allylic oxidation sites excluding steroid dienone is 2. The largest absolute Gasteiger partial charge is 1.00 e. The predicted molar refractivity (Wildman–Crippen MR) is 209 cm³/mol. The molecule has 52 heavy (non-hydrogen) atoms. The number of nitrogens with zero attached hydrogens (tertiary/aromatic N) is 2. The maximum absolute atomic E-state index is 12.6. The van der Waals surface area contributed by atoms with Crippen LogP contribution in [0, 0.1) is 0 Å². The Morgan fingerprint density at radius 1 is 0.673 bits per heavy atom. The van der Waals surface area contributed by atoms with E-state index < -0.39 is 0 Å². The molecular weight excluding hydrogens is 784 g/mol. The Kier molecular flexibility index (Phi) is 25.6. The first-order valence-corrected chi connectivity index (χ1v) is 18.8. The number of likely N-dealkylation sites (N-methyl/N-ethyl adjacent to an activating group) is 2. The molecule has 2 aromatic rings. The average Bonchev–Trinajstić information content (AvgIpc) is 3.05. The van der Waals surface area contributed by atoms with Crippen molar-refractivity contribution in [2.24, 2.45) is 0 Å². The lowest BCUT2D eigenvalue weighted by Crippen LogP contribution is -3.00. The zero-order valence-electron chi connectivity index (χ0n) is 33.0. The zero-order valence-corrected chi connectivity index (χ0v) is 36.2. The first-order chi connectivity index (χ1) is 23.9. The molecule has 0 saturated heterocycles. The third-order valence-corrected chi connectivity index (χ3v) is 8.92. The quantitative estimate of drug-likeness (QED) is 0.0804. The molecule has 10 heteroatoms. The van der Waals surface area contributed by atoms with Gasteiger partial charge in [-0.1, -0.05) is 76.7 Å². The van der Waals surface area contributed by atoms with Crippen molar-refractivity contribution in [3.63, 3.8) is 0 Å². The van der Waals surface area contributed by atoms with Gasteiger partial charge in [-0.3, -0.25) is 9.59 Å². The summed E-state index contributed by atoms with van der Waals surface area (Å²) in [4.78, 5) is 25.1. The molecule has 2 N–H and O–H groups in total. The second-order valence-corrected chi connectivity index (χ2v) is 14.8. The fourth-order valence-corrected chi connectivity index (χ4v) is 5.84. The summed E-state index contributed by atoms with van der Waals surface area (Å²) in [6.07, 6.45) is 14.4. The minimum atomic E-state index is 0. The fourth-order valence-electron chi connectivity index (χ4n) is 5.84. The van der Waals surface area contributed by atoms with Crippen molar-refractivity contribution in [2.75, 3.05) is 80.7 Å². The summed E-state index contributed by atoms with van der Waals surface area (Å²) in [5.41, 5.74) is 4.25. The predicted octanol–water partition coefficient (Wildman–Crippen LogP) is 1.12. The Hall–Kier alpha value is -2.66. The summed E-state index contributed by atoms with van der Waals surface area (Å²) in [5, 5.41) is 6.15. The van der Waals surface area contributed by atoms with E-state index in [1.165, 1.54) is 25.7 Å². The molecule has 0 aliphatic heterocycles. The van der Waals surface area contributed by atoms with E-state index in [0.717, 1.165) is 78.9 Å². The highest BCUT2D eigenvalue weighted by Gasteiger charge is 2.22. The van der Waals surface area contributed by atoms with E-state index in [9.17, 15) is 9.59 Å². The van der Waals surface area contributed by atoms with Gasteiger partial charge in [-0.05, 0) is 66.6 Å². The smallest absolute Gasteiger partial charge is 0.275 e. The van der Waals surface area contributed by atoms with Crippen LogP contribution < -0.4 is 54.1 Å². The molecule has 0 atom stereocenters. The molecule has 0 fully saturated rings. The molecule has 0 aromatic heterocycles. The van der Waals surface area contributed by atoms with Crippen molar-refractivity contribution in [3.05, 3.63) is 72.8 Å². The van der Waals surface area contributed by atoms with Crippen LogP contribution in [0.15, 0.2) is 61.7 Å². The van der Waals surface area contributed by atoms with Crippen LogP contribution in [0.1, 0.15) is 76.3 Å². The number of ether oxygens (including phenoxy) is 2. The molecule has 0 bridgehead atoms. The number of hydrogen-bond donors (Lipinski definition) is 2. The lowest BCUT2D eigenvalue weighted by atomic mass is 9.97. The van der Waals surface area contributed by atoms with Gasteiger partial charge in [0, 0.05) is 18.7 Å². The highest BCUT2D eigenvalue weighted by Crippen LogP contribution is 2.35. The maximum atomic E-state index is 12.6. The number of rotatable bonds is 27. The number of carbonyl (C=O) groups is 2. The van der Waals surface area contributed by atoms with Crippen LogP contribution >= 0.6 is 0 Å². The molecule has 2 aromatic carbocycles. The molecule has 0 aliphatic carbocycles. The van der Waals surface area contributed by atoms with E-state index in [0.29, 0.717) is 54.8 Å². The first-order valence-electron chi connectivity index (χ1n) is 18.8. The van der Waals surface area contributed by atoms with Gasteiger partial charge in [-0.2, -0.15) is 0 Å². The summed E-state index contributed by atoms with van der Waals surface area (Å²) < 4.78 is 13.8. The molecule has 8 nitrogen and oxygen atoms in total. The standard InChI is InChI=1S/C42H66N4O4.2BrH/c1-9-13-15-17-25-43-41(47)33-45(5,6)27-29-49-39-24-22-36(32-37(39)20-12-4)38-31-35(19-11-3)21-23-40(38)50-30-28-46(7,8)34-42(48)44-26-18-16-14-10-2;;/h11-12,21-24,31-32H,3-4,9-10,13-20,25-30,33-34H2,1-2,5-8H3;2*1H. The zero-order chi connectivity index (χ0) is 36.8. The Morgan fingerprint density at radius 2 is 1.17 bits per heavy atom. The molecule has 0 unspecified atom stereocenters. The number of unbranched alkanes of at least 4 members (excludes halogenated alkanes) is 6. The van der Waals surface area contributed by atoms with Crippen LogP contribution in [0.3, 0.4) is 0 Å². The highest BCUT2D eigenvalue weighted by molar-refractivity contribution is 5.77. The Morgan fingerprint density at radius 3 is 1.67 bits per heavy atom. The minimum absolute atomic E-state index is 0. The van der Waals surface area contributed by atoms with Crippen molar-refractivity contribution in [1.29, 1.82) is 0 Å². The van der Waals surface area contributed by atoms with Crippen LogP contribution in [0.2, 0.25) is 0 Å². The van der Waals surface area contributed by atoms with Gasteiger partial charge in [-0.15, -0.1) is 13.2 Å². The molecule has 2 rings (SSSR count). The van der Waals surface area contributed by atoms with E-state index in [4.69, 9.17) is 9.47 Å². The van der Waals surface area contributed by atoms with Gasteiger partial charge in [-0.25, -0.2) is 0 Å². The molecule has 0 aliphatic rings. The topological polar surface area (TPSA) is 76.7 Å². The summed E-state index contributed by atoms with van der Waals surface area (Å²) in [5.74, 6) is 1.79. The molecule has 0 heterocycles. The van der Waals surface area contributed by atoms with Crippen molar-refractivity contribution >= 4 is 11.8 Å². The lowest BCUT2D eigenvalue weighted by Gasteiger charge is -2.29. The van der Waals surface area contributed by atoms with Gasteiger partial charge in [0.25, 0.3) is 11.8 Å². The lowest BCUT2D eigenvalue weighted by molar-refractivity contribution is -0.882. The summed E-state index contributed by atoms with van der Waals surface area (Å²) in [6.45, 7) is 17.0. The van der Waals surface area contributed by atoms with Crippen LogP contribution in [-0.4, -0.2) is 101 Å². The molecular formula is C42H68Br2N4O4. The number of halogens is 2. The minimum Gasteiger partial charge on any atom is -1.00 e. The average molecular weight is 853 g/mol. The third kappa shape index (κ3) is 20.0. The number of nitrogens with one attached hydrogen (secondary N) is 2. The molecule has 0 spiro atoms. The van der Waals surface area contributed by atoms with Gasteiger partial charge in [0.2, 0.25) is 0 Å². The number of hydrogen-bond acceptors (Lipinski definition) is 4. The third-order valence-electron chi connectivity index (χ3n) is 8.92. The van der Waals surface area contributed by atoms with E-state index in [2.05, 4.69) is 90.1 Å². The van der Waals surface area contributed by atoms with Gasteiger partial charge in [0.05, 0.1) is 28.2 Å². The number of quaternary nitrogens is 2. The second kappa shape index (κ2) is 27.0. The van der Waals surface area contributed by atoms with Crippen molar-refractivity contribution in [2.45, 2.75) is 78.1 Å². The van der Waals surface area contributed by atoms with E-state index in [1.807, 2.05) is 24.3 Å². The molecule has 0 saturated carbocycles. The monoisotopic (exact) mass is 850 g/mol. The van der Waals surface area contributed by atoms with E-state index in [-0.39, 0.29) is 45.8 Å². The van der Waals surface area contributed by atoms with Crippen molar-refractivity contribution < 1.29 is 62.0 Å². The van der Waals surface area contributed by atoms with Crippen LogP contribution in [-0.2, 0) is 22.4 Å². The summed E-state index contributed by atoms with van der Waals surface area (Å²) in [6, 6.07) is 12.6. The van der Waals surface area contributed by atoms with Gasteiger partial charge in [0.1, 0.15) is 37.8 Å².